The zero-order valence-electron chi connectivity index (χ0n) is 18.8. The van der Waals surface area contributed by atoms with Crippen LogP contribution in [0, 0.1) is 0 Å². The normalized spacial score (nSPS) is 12.0. The average Bonchev–Trinajstić information content (AvgIpc) is 3.53. The van der Waals surface area contributed by atoms with E-state index >= 15 is 0 Å². The topological polar surface area (TPSA) is 75.6 Å². The number of para-hydroxylation sites is 3. The Morgan fingerprint density at radius 1 is 1.00 bits per heavy atom. The second-order valence-corrected chi connectivity index (χ2v) is 8.96. The number of hydrogen-bond acceptors (Lipinski definition) is 4. The minimum atomic E-state index is -0.244. The molecule has 2 heterocycles. The lowest BCUT2D eigenvalue weighted by Gasteiger charge is -2.17. The van der Waals surface area contributed by atoms with Crippen LogP contribution in [0.5, 0.6) is 0 Å². The van der Waals surface area contributed by atoms with Gasteiger partial charge in [0.05, 0.1) is 28.5 Å². The third kappa shape index (κ3) is 4.61. The van der Waals surface area contributed by atoms with E-state index in [0.717, 1.165) is 46.0 Å². The molecule has 2 aromatic heterocycles. The minimum absolute atomic E-state index is 0.190. The summed E-state index contributed by atoms with van der Waals surface area (Å²) < 4.78 is 1.71. The quantitative estimate of drug-likeness (QED) is 0.310. The summed E-state index contributed by atoms with van der Waals surface area (Å²) in [6, 6.07) is 29.1. The van der Waals surface area contributed by atoms with Gasteiger partial charge in [-0.1, -0.05) is 60.7 Å². The van der Waals surface area contributed by atoms with Gasteiger partial charge in [0.15, 0.2) is 0 Å². The van der Waals surface area contributed by atoms with Gasteiger partial charge < -0.3 is 10.3 Å². The molecule has 1 amide bonds. The summed E-state index contributed by atoms with van der Waals surface area (Å²) in [5, 5.41) is 7.99. The number of amides is 1. The number of benzene rings is 3. The fraction of sp³-hybridized carbons (Fsp3) is 0.148. The van der Waals surface area contributed by atoms with Crippen molar-refractivity contribution >= 4 is 28.7 Å². The first-order valence-electron chi connectivity index (χ1n) is 11.2. The van der Waals surface area contributed by atoms with Gasteiger partial charge in [-0.05, 0) is 48.8 Å². The number of rotatable bonds is 8. The number of fused-ring (bicyclic) bond motifs is 1. The molecule has 1 unspecified atom stereocenters. The molecule has 0 aliphatic carbocycles. The van der Waals surface area contributed by atoms with Crippen LogP contribution in [0.2, 0.25) is 0 Å². The number of aromatic amines is 1. The molecule has 6 nitrogen and oxygen atoms in total. The van der Waals surface area contributed by atoms with Gasteiger partial charge in [0.25, 0.3) is 5.91 Å². The summed E-state index contributed by atoms with van der Waals surface area (Å²) in [5.41, 5.74) is 4.87. The van der Waals surface area contributed by atoms with Gasteiger partial charge in [-0.25, -0.2) is 9.67 Å². The average molecular weight is 468 g/mol. The molecule has 0 radical (unpaired) electrons. The molecule has 0 aliphatic heterocycles. The van der Waals surface area contributed by atoms with E-state index in [1.165, 1.54) is 0 Å². The molecular weight excluding hydrogens is 442 g/mol. The molecule has 0 fully saturated rings. The number of carbonyl (C=O) groups excluding carboxylic acids is 1. The van der Waals surface area contributed by atoms with Crippen molar-refractivity contribution in [3.05, 3.63) is 103 Å². The summed E-state index contributed by atoms with van der Waals surface area (Å²) >= 11 is 1.75. The highest BCUT2D eigenvalue weighted by molar-refractivity contribution is 7.98. The summed E-state index contributed by atoms with van der Waals surface area (Å²) in [6.07, 6.45) is 2.83. The standard InChI is InChI=1S/C27H25N5OS/c1-34-17-16-23(26-28-21-14-8-9-15-22(21)29-26)30-27(33)25-18-24(19-10-4-2-5-11-19)31-32(25)20-12-6-3-7-13-20/h2-15,18,23H,16-17H2,1H3,(H,28,29)(H,30,33). The third-order valence-corrected chi connectivity index (χ3v) is 6.31. The van der Waals surface area contributed by atoms with Crippen molar-refractivity contribution in [2.75, 3.05) is 12.0 Å². The van der Waals surface area contributed by atoms with E-state index in [9.17, 15) is 4.79 Å². The van der Waals surface area contributed by atoms with Crippen LogP contribution in [0.25, 0.3) is 28.0 Å². The maximum Gasteiger partial charge on any atom is 0.270 e. The molecule has 7 heteroatoms. The van der Waals surface area contributed by atoms with Crippen LogP contribution >= 0.6 is 11.8 Å². The van der Waals surface area contributed by atoms with E-state index in [-0.39, 0.29) is 11.9 Å². The van der Waals surface area contributed by atoms with Crippen molar-refractivity contribution in [2.24, 2.45) is 0 Å². The summed E-state index contributed by atoms with van der Waals surface area (Å²) in [6.45, 7) is 0. The van der Waals surface area contributed by atoms with Crippen molar-refractivity contribution in [3.63, 3.8) is 0 Å². The zero-order chi connectivity index (χ0) is 23.3. The first-order chi connectivity index (χ1) is 16.7. The fourth-order valence-electron chi connectivity index (χ4n) is 3.94. The number of imidazole rings is 1. The Morgan fingerprint density at radius 3 is 2.44 bits per heavy atom. The van der Waals surface area contributed by atoms with Gasteiger partial charge in [-0.2, -0.15) is 16.9 Å². The second kappa shape index (κ2) is 9.97. The lowest BCUT2D eigenvalue weighted by molar-refractivity contribution is 0.0926. The number of aromatic nitrogens is 4. The number of thioether (sulfide) groups is 1. The Hall–Kier alpha value is -3.84. The fourth-order valence-corrected chi connectivity index (χ4v) is 4.41. The van der Waals surface area contributed by atoms with E-state index in [2.05, 4.69) is 16.6 Å². The second-order valence-electron chi connectivity index (χ2n) is 7.97. The van der Waals surface area contributed by atoms with Crippen molar-refractivity contribution in [1.29, 1.82) is 0 Å². The van der Waals surface area contributed by atoms with Crippen molar-refractivity contribution in [1.82, 2.24) is 25.1 Å². The Kier molecular flexibility index (Phi) is 6.44. The number of nitrogens with one attached hydrogen (secondary N) is 2. The largest absolute Gasteiger partial charge is 0.341 e. The summed E-state index contributed by atoms with van der Waals surface area (Å²) in [5.74, 6) is 1.47. The van der Waals surface area contributed by atoms with Crippen LogP contribution in [0.15, 0.2) is 91.0 Å². The molecule has 170 valence electrons. The van der Waals surface area contributed by atoms with E-state index in [1.807, 2.05) is 91.0 Å². The predicted molar refractivity (Wildman–Crippen MR) is 138 cm³/mol. The molecule has 3 aromatic carbocycles. The monoisotopic (exact) mass is 467 g/mol. The minimum Gasteiger partial charge on any atom is -0.341 e. The van der Waals surface area contributed by atoms with Gasteiger partial charge in [-0.15, -0.1) is 0 Å². The van der Waals surface area contributed by atoms with Crippen LogP contribution in [-0.4, -0.2) is 37.7 Å². The Morgan fingerprint density at radius 2 is 1.71 bits per heavy atom. The van der Waals surface area contributed by atoms with E-state index in [4.69, 9.17) is 10.1 Å². The lowest BCUT2D eigenvalue weighted by atomic mass is 10.1. The van der Waals surface area contributed by atoms with Crippen LogP contribution in [0.4, 0.5) is 0 Å². The maximum atomic E-state index is 13.6. The van der Waals surface area contributed by atoms with Gasteiger partial charge >= 0.3 is 0 Å². The van der Waals surface area contributed by atoms with Gasteiger partial charge in [0.2, 0.25) is 0 Å². The summed E-state index contributed by atoms with van der Waals surface area (Å²) in [4.78, 5) is 21.8. The van der Waals surface area contributed by atoms with E-state index in [1.54, 1.807) is 16.4 Å². The first kappa shape index (κ1) is 22.0. The van der Waals surface area contributed by atoms with E-state index in [0.29, 0.717) is 5.69 Å². The predicted octanol–water partition coefficient (Wildman–Crippen LogP) is 5.64. The molecule has 1 atom stereocenters. The Bertz CT molecular complexity index is 1360. The third-order valence-electron chi connectivity index (χ3n) is 5.67. The van der Waals surface area contributed by atoms with Crippen LogP contribution in [0.1, 0.15) is 28.8 Å². The Labute approximate surface area is 202 Å². The molecular formula is C27H25N5OS. The van der Waals surface area contributed by atoms with Crippen molar-refractivity contribution < 1.29 is 4.79 Å². The number of carbonyl (C=O) groups is 1. The molecule has 0 saturated heterocycles. The van der Waals surface area contributed by atoms with Crippen LogP contribution < -0.4 is 5.32 Å². The van der Waals surface area contributed by atoms with Crippen molar-refractivity contribution in [2.45, 2.75) is 12.5 Å². The van der Waals surface area contributed by atoms with Crippen LogP contribution in [0.3, 0.4) is 0 Å². The molecule has 0 spiro atoms. The number of H-pyrrole nitrogens is 1. The van der Waals surface area contributed by atoms with E-state index < -0.39 is 0 Å². The van der Waals surface area contributed by atoms with Gasteiger partial charge in [0, 0.05) is 5.56 Å². The highest BCUT2D eigenvalue weighted by atomic mass is 32.2. The summed E-state index contributed by atoms with van der Waals surface area (Å²) in [7, 11) is 0. The lowest BCUT2D eigenvalue weighted by Crippen LogP contribution is -2.31. The SMILES string of the molecule is CSCCC(NC(=O)c1cc(-c2ccccc2)nn1-c1ccccc1)c1nc2ccccc2[nH]1. The Balaban J connectivity index is 1.51. The maximum absolute atomic E-state index is 13.6. The molecule has 0 saturated carbocycles. The molecule has 0 bridgehead atoms. The smallest absolute Gasteiger partial charge is 0.270 e. The first-order valence-corrected chi connectivity index (χ1v) is 12.6. The molecule has 34 heavy (non-hydrogen) atoms. The zero-order valence-corrected chi connectivity index (χ0v) is 19.6. The molecule has 5 rings (SSSR count). The van der Waals surface area contributed by atoms with Crippen LogP contribution in [-0.2, 0) is 0 Å². The molecule has 2 N–H and O–H groups in total. The van der Waals surface area contributed by atoms with Gasteiger partial charge in [-0.3, -0.25) is 4.79 Å². The highest BCUT2D eigenvalue weighted by Crippen LogP contribution is 2.24. The highest BCUT2D eigenvalue weighted by Gasteiger charge is 2.23. The molecule has 0 aliphatic rings. The number of hydrogen-bond donors (Lipinski definition) is 2. The molecule has 5 aromatic rings. The van der Waals surface area contributed by atoms with Gasteiger partial charge in [0.1, 0.15) is 11.5 Å². The number of nitrogens with zero attached hydrogens (tertiary/aromatic N) is 3. The van der Waals surface area contributed by atoms with Crippen molar-refractivity contribution in [3.8, 4) is 16.9 Å².